The van der Waals surface area contributed by atoms with Gasteiger partial charge in [-0.25, -0.2) is 0 Å². The lowest BCUT2D eigenvalue weighted by Gasteiger charge is -2.26. The Kier molecular flexibility index (Phi) is 5.48. The molecule has 4 heteroatoms. The molecule has 0 heterocycles. The van der Waals surface area contributed by atoms with Gasteiger partial charge in [0.15, 0.2) is 6.29 Å². The molecule has 0 amide bonds. The topological polar surface area (TPSA) is 50.7 Å². The van der Waals surface area contributed by atoms with E-state index < -0.39 is 5.60 Å². The number of hydrogen-bond acceptors (Lipinski definition) is 4. The SMILES string of the molecule is COC(OC)C(C)NCC(C)(C)O. The maximum absolute atomic E-state index is 9.45. The van der Waals surface area contributed by atoms with Crippen LogP contribution in [0.5, 0.6) is 0 Å². The van der Waals surface area contributed by atoms with Crippen molar-refractivity contribution in [3.05, 3.63) is 0 Å². The summed E-state index contributed by atoms with van der Waals surface area (Å²) in [5.41, 5.74) is -0.708. The number of ether oxygens (including phenoxy) is 2. The van der Waals surface area contributed by atoms with Gasteiger partial charge in [0.2, 0.25) is 0 Å². The van der Waals surface area contributed by atoms with Crippen LogP contribution in [0.15, 0.2) is 0 Å². The highest BCUT2D eigenvalue weighted by Crippen LogP contribution is 2.02. The van der Waals surface area contributed by atoms with Gasteiger partial charge in [0.05, 0.1) is 11.6 Å². The smallest absolute Gasteiger partial charge is 0.171 e. The van der Waals surface area contributed by atoms with Crippen LogP contribution in [0.3, 0.4) is 0 Å². The molecule has 1 atom stereocenters. The number of rotatable bonds is 6. The molecule has 0 rings (SSSR count). The molecule has 0 aliphatic carbocycles. The van der Waals surface area contributed by atoms with Crippen molar-refractivity contribution in [1.29, 1.82) is 0 Å². The summed E-state index contributed by atoms with van der Waals surface area (Å²) in [7, 11) is 3.19. The van der Waals surface area contributed by atoms with Crippen molar-refractivity contribution in [3.63, 3.8) is 0 Å². The Labute approximate surface area is 80.2 Å². The van der Waals surface area contributed by atoms with Gasteiger partial charge in [0.1, 0.15) is 0 Å². The van der Waals surface area contributed by atoms with Crippen LogP contribution < -0.4 is 5.32 Å². The summed E-state index contributed by atoms with van der Waals surface area (Å²) in [5.74, 6) is 0. The van der Waals surface area contributed by atoms with Crippen LogP contribution in [0.4, 0.5) is 0 Å². The van der Waals surface area contributed by atoms with Crippen molar-refractivity contribution in [1.82, 2.24) is 5.32 Å². The van der Waals surface area contributed by atoms with Gasteiger partial charge >= 0.3 is 0 Å². The molecule has 0 fully saturated rings. The Morgan fingerprint density at radius 1 is 1.31 bits per heavy atom. The molecule has 2 N–H and O–H groups in total. The molecule has 0 aromatic carbocycles. The molecular formula is C9H21NO3. The largest absolute Gasteiger partial charge is 0.389 e. The Hall–Kier alpha value is -0.160. The van der Waals surface area contributed by atoms with Crippen molar-refractivity contribution in [2.75, 3.05) is 20.8 Å². The van der Waals surface area contributed by atoms with Crippen LogP contribution in [0.1, 0.15) is 20.8 Å². The van der Waals surface area contributed by atoms with E-state index in [-0.39, 0.29) is 12.3 Å². The first kappa shape index (κ1) is 12.8. The fourth-order valence-electron chi connectivity index (χ4n) is 1.01. The monoisotopic (exact) mass is 191 g/mol. The average molecular weight is 191 g/mol. The van der Waals surface area contributed by atoms with Gasteiger partial charge in [-0.1, -0.05) is 0 Å². The van der Waals surface area contributed by atoms with Crippen molar-refractivity contribution >= 4 is 0 Å². The Balaban J connectivity index is 3.78. The zero-order chi connectivity index (χ0) is 10.5. The Morgan fingerprint density at radius 3 is 2.08 bits per heavy atom. The summed E-state index contributed by atoms with van der Waals surface area (Å²) in [6.45, 7) is 5.96. The zero-order valence-corrected chi connectivity index (χ0v) is 9.13. The van der Waals surface area contributed by atoms with E-state index in [0.717, 1.165) is 0 Å². The number of hydrogen-bond donors (Lipinski definition) is 2. The minimum Gasteiger partial charge on any atom is -0.389 e. The highest BCUT2D eigenvalue weighted by molar-refractivity contribution is 4.73. The molecule has 13 heavy (non-hydrogen) atoms. The van der Waals surface area contributed by atoms with Gasteiger partial charge in [-0.3, -0.25) is 0 Å². The van der Waals surface area contributed by atoms with Gasteiger partial charge in [-0.15, -0.1) is 0 Å². The van der Waals surface area contributed by atoms with E-state index in [1.807, 2.05) is 6.92 Å². The molecule has 1 unspecified atom stereocenters. The van der Waals surface area contributed by atoms with E-state index >= 15 is 0 Å². The van der Waals surface area contributed by atoms with Crippen molar-refractivity contribution in [3.8, 4) is 0 Å². The van der Waals surface area contributed by atoms with Gasteiger partial charge in [0.25, 0.3) is 0 Å². The standard InChI is InChI=1S/C9H21NO3/c1-7(8(12-4)13-5)10-6-9(2,3)11/h7-8,10-11H,6H2,1-5H3. The molecule has 80 valence electrons. The third-order valence-electron chi connectivity index (χ3n) is 1.73. The molecule has 0 spiro atoms. The highest BCUT2D eigenvalue weighted by Gasteiger charge is 2.19. The predicted octanol–water partition coefficient (Wildman–Crippen LogP) is 0.354. The lowest BCUT2D eigenvalue weighted by atomic mass is 10.1. The third kappa shape index (κ3) is 5.99. The van der Waals surface area contributed by atoms with Crippen molar-refractivity contribution in [2.24, 2.45) is 0 Å². The molecule has 0 aliphatic rings. The maximum Gasteiger partial charge on any atom is 0.171 e. The second kappa shape index (κ2) is 5.54. The minimum atomic E-state index is -0.708. The van der Waals surface area contributed by atoms with E-state index in [4.69, 9.17) is 9.47 Å². The van der Waals surface area contributed by atoms with Gasteiger partial charge in [-0.2, -0.15) is 0 Å². The molecular weight excluding hydrogens is 170 g/mol. The lowest BCUT2D eigenvalue weighted by Crippen LogP contribution is -2.45. The Bertz CT molecular complexity index is 129. The van der Waals surface area contributed by atoms with Gasteiger partial charge in [0, 0.05) is 20.8 Å². The second-order valence-electron chi connectivity index (χ2n) is 3.82. The van der Waals surface area contributed by atoms with Gasteiger partial charge < -0.3 is 19.9 Å². The molecule has 0 bridgehead atoms. The fraction of sp³-hybridized carbons (Fsp3) is 1.00. The zero-order valence-electron chi connectivity index (χ0n) is 9.13. The molecule has 0 saturated carbocycles. The average Bonchev–Trinajstić information content (AvgIpc) is 2.02. The van der Waals surface area contributed by atoms with Crippen LogP contribution in [-0.2, 0) is 9.47 Å². The molecule has 0 aromatic heterocycles. The first-order valence-electron chi connectivity index (χ1n) is 4.42. The summed E-state index contributed by atoms with van der Waals surface area (Å²) in [6, 6.07) is 0.0569. The molecule has 0 saturated heterocycles. The second-order valence-corrected chi connectivity index (χ2v) is 3.82. The Morgan fingerprint density at radius 2 is 1.77 bits per heavy atom. The summed E-state index contributed by atoms with van der Waals surface area (Å²) in [6.07, 6.45) is -0.276. The van der Waals surface area contributed by atoms with Crippen LogP contribution in [0.25, 0.3) is 0 Å². The maximum atomic E-state index is 9.45. The van der Waals surface area contributed by atoms with E-state index in [1.165, 1.54) is 0 Å². The van der Waals surface area contributed by atoms with Crippen LogP contribution >= 0.6 is 0 Å². The third-order valence-corrected chi connectivity index (χ3v) is 1.73. The summed E-state index contributed by atoms with van der Waals surface area (Å²) in [4.78, 5) is 0. The normalized spacial score (nSPS) is 15.0. The summed E-state index contributed by atoms with van der Waals surface area (Å²) < 4.78 is 10.1. The molecule has 4 nitrogen and oxygen atoms in total. The van der Waals surface area contributed by atoms with E-state index in [2.05, 4.69) is 5.32 Å². The number of nitrogens with one attached hydrogen (secondary N) is 1. The van der Waals surface area contributed by atoms with E-state index in [1.54, 1.807) is 28.1 Å². The molecule has 0 aromatic rings. The van der Waals surface area contributed by atoms with E-state index in [9.17, 15) is 5.11 Å². The quantitative estimate of drug-likeness (QED) is 0.595. The molecule has 0 radical (unpaired) electrons. The fourth-order valence-corrected chi connectivity index (χ4v) is 1.01. The predicted molar refractivity (Wildman–Crippen MR) is 51.6 cm³/mol. The molecule has 0 aliphatic heterocycles. The van der Waals surface area contributed by atoms with Crippen LogP contribution in [-0.4, -0.2) is 43.8 Å². The van der Waals surface area contributed by atoms with Crippen molar-refractivity contribution in [2.45, 2.75) is 38.7 Å². The van der Waals surface area contributed by atoms with E-state index in [0.29, 0.717) is 6.54 Å². The number of aliphatic hydroxyl groups is 1. The highest BCUT2D eigenvalue weighted by atomic mass is 16.7. The lowest BCUT2D eigenvalue weighted by molar-refractivity contribution is -0.121. The van der Waals surface area contributed by atoms with Crippen LogP contribution in [0.2, 0.25) is 0 Å². The first-order valence-corrected chi connectivity index (χ1v) is 4.42. The first-order chi connectivity index (χ1) is 5.90. The van der Waals surface area contributed by atoms with Gasteiger partial charge in [-0.05, 0) is 20.8 Å². The number of methoxy groups -OCH3 is 2. The minimum absolute atomic E-state index is 0.0569. The summed E-state index contributed by atoms with van der Waals surface area (Å²) in [5, 5.41) is 12.6. The summed E-state index contributed by atoms with van der Waals surface area (Å²) >= 11 is 0. The van der Waals surface area contributed by atoms with Crippen LogP contribution in [0, 0.1) is 0 Å². The van der Waals surface area contributed by atoms with Crippen molar-refractivity contribution < 1.29 is 14.6 Å².